The number of aromatic nitrogens is 5. The molecule has 8 heteroatoms. The molecule has 0 bridgehead atoms. The molecule has 0 atom stereocenters. The number of piperidine rings is 1. The van der Waals surface area contributed by atoms with Crippen LogP contribution >= 0.6 is 0 Å². The molecule has 1 fully saturated rings. The Labute approximate surface area is 129 Å². The molecule has 0 spiro atoms. The number of hydrogen-bond donors (Lipinski definition) is 1. The van der Waals surface area contributed by atoms with E-state index in [9.17, 15) is 0 Å². The molecule has 0 amide bonds. The fourth-order valence-electron chi connectivity index (χ4n) is 2.62. The molecule has 0 aliphatic carbocycles. The maximum absolute atomic E-state index is 5.12. The molecular weight excluding hydrogens is 282 g/mol. The van der Waals surface area contributed by atoms with Gasteiger partial charge in [0, 0.05) is 32.2 Å². The molecule has 0 aromatic carbocycles. The molecule has 118 valence electrons. The number of nitrogens with one attached hydrogen (secondary N) is 1. The van der Waals surface area contributed by atoms with Gasteiger partial charge in [0.15, 0.2) is 0 Å². The first-order valence-electron chi connectivity index (χ1n) is 7.42. The average Bonchev–Trinajstić information content (AvgIpc) is 2.94. The van der Waals surface area contributed by atoms with E-state index in [4.69, 9.17) is 4.74 Å². The third kappa shape index (κ3) is 3.51. The summed E-state index contributed by atoms with van der Waals surface area (Å²) < 4.78 is 7.09. The zero-order chi connectivity index (χ0) is 15.4. The summed E-state index contributed by atoms with van der Waals surface area (Å²) in [5.74, 6) is 2.41. The molecule has 3 heterocycles. The van der Waals surface area contributed by atoms with Crippen molar-refractivity contribution in [1.29, 1.82) is 0 Å². The van der Waals surface area contributed by atoms with Crippen LogP contribution in [0.5, 0.6) is 5.88 Å². The van der Waals surface area contributed by atoms with Crippen LogP contribution in [0.15, 0.2) is 18.7 Å². The summed E-state index contributed by atoms with van der Waals surface area (Å²) in [6.07, 6.45) is 5.41. The second kappa shape index (κ2) is 6.69. The highest BCUT2D eigenvalue weighted by Crippen LogP contribution is 2.18. The second-order valence-corrected chi connectivity index (χ2v) is 5.50. The van der Waals surface area contributed by atoms with Gasteiger partial charge in [-0.15, -0.1) is 10.2 Å². The Kier molecular flexibility index (Phi) is 4.47. The zero-order valence-corrected chi connectivity index (χ0v) is 12.9. The van der Waals surface area contributed by atoms with E-state index in [1.54, 1.807) is 13.4 Å². The van der Waals surface area contributed by atoms with E-state index >= 15 is 0 Å². The van der Waals surface area contributed by atoms with Crippen LogP contribution in [0.3, 0.4) is 0 Å². The van der Waals surface area contributed by atoms with Crippen molar-refractivity contribution in [2.75, 3.05) is 25.5 Å². The number of anilines is 1. The number of ether oxygens (including phenoxy) is 1. The van der Waals surface area contributed by atoms with E-state index in [2.05, 4.69) is 30.4 Å². The van der Waals surface area contributed by atoms with Gasteiger partial charge in [-0.3, -0.25) is 4.90 Å². The monoisotopic (exact) mass is 303 g/mol. The van der Waals surface area contributed by atoms with Crippen LogP contribution in [0, 0.1) is 0 Å². The number of nitrogens with zero attached hydrogens (tertiary/aromatic N) is 6. The van der Waals surface area contributed by atoms with Crippen molar-refractivity contribution in [2.24, 2.45) is 7.05 Å². The largest absolute Gasteiger partial charge is 0.481 e. The highest BCUT2D eigenvalue weighted by atomic mass is 16.5. The van der Waals surface area contributed by atoms with Gasteiger partial charge < -0.3 is 14.6 Å². The lowest BCUT2D eigenvalue weighted by Crippen LogP contribution is -2.39. The second-order valence-electron chi connectivity index (χ2n) is 5.50. The fraction of sp³-hybridized carbons (Fsp3) is 0.571. The first-order valence-corrected chi connectivity index (χ1v) is 7.42. The van der Waals surface area contributed by atoms with Gasteiger partial charge in [-0.25, -0.2) is 9.97 Å². The molecule has 2 aromatic rings. The van der Waals surface area contributed by atoms with Gasteiger partial charge >= 0.3 is 0 Å². The van der Waals surface area contributed by atoms with E-state index in [1.807, 2.05) is 17.7 Å². The standard InChI is InChI=1S/C14H21N7O/c1-20-10-17-19-13(20)8-21-5-3-11(4-6-21)18-12-7-14(22-2)16-9-15-12/h7,9-11H,3-6,8H2,1-2H3,(H,15,16,18). The first-order chi connectivity index (χ1) is 10.7. The molecule has 1 N–H and O–H groups in total. The molecule has 0 radical (unpaired) electrons. The molecule has 0 unspecified atom stereocenters. The van der Waals surface area contributed by atoms with E-state index in [1.165, 1.54) is 6.33 Å². The third-order valence-electron chi connectivity index (χ3n) is 3.96. The van der Waals surface area contributed by atoms with Crippen molar-refractivity contribution >= 4 is 5.82 Å². The van der Waals surface area contributed by atoms with Crippen LogP contribution in [0.2, 0.25) is 0 Å². The lowest BCUT2D eigenvalue weighted by Gasteiger charge is -2.32. The topological polar surface area (TPSA) is 81.0 Å². The summed E-state index contributed by atoms with van der Waals surface area (Å²) in [7, 11) is 3.59. The highest BCUT2D eigenvalue weighted by Gasteiger charge is 2.20. The van der Waals surface area contributed by atoms with Gasteiger partial charge in [0.2, 0.25) is 5.88 Å². The first kappa shape index (κ1) is 14.7. The van der Waals surface area contributed by atoms with Crippen molar-refractivity contribution in [3.05, 3.63) is 24.5 Å². The van der Waals surface area contributed by atoms with E-state index in [0.29, 0.717) is 11.9 Å². The summed E-state index contributed by atoms with van der Waals surface area (Å²) in [5, 5.41) is 11.5. The maximum atomic E-state index is 5.12. The molecule has 8 nitrogen and oxygen atoms in total. The van der Waals surface area contributed by atoms with Crippen molar-refractivity contribution < 1.29 is 4.74 Å². The van der Waals surface area contributed by atoms with Gasteiger partial charge in [-0.1, -0.05) is 0 Å². The summed E-state index contributed by atoms with van der Waals surface area (Å²) in [6, 6.07) is 2.25. The lowest BCUT2D eigenvalue weighted by atomic mass is 10.1. The number of methoxy groups -OCH3 is 1. The van der Waals surface area contributed by atoms with Gasteiger partial charge in [0.1, 0.15) is 24.3 Å². The Morgan fingerprint density at radius 2 is 2.14 bits per heavy atom. The van der Waals surface area contributed by atoms with Gasteiger partial charge in [0.05, 0.1) is 13.7 Å². The molecule has 1 aliphatic heterocycles. The Bertz CT molecular complexity index is 607. The van der Waals surface area contributed by atoms with Crippen molar-refractivity contribution in [1.82, 2.24) is 29.6 Å². The van der Waals surface area contributed by atoms with Gasteiger partial charge in [-0.05, 0) is 12.8 Å². The predicted octanol–water partition coefficient (Wildman–Crippen LogP) is 0.690. The van der Waals surface area contributed by atoms with Crippen LogP contribution in [-0.4, -0.2) is 55.9 Å². The molecule has 0 saturated carbocycles. The normalized spacial score (nSPS) is 16.6. The van der Waals surface area contributed by atoms with E-state index in [-0.39, 0.29) is 0 Å². The fourth-order valence-corrected chi connectivity index (χ4v) is 2.62. The lowest BCUT2D eigenvalue weighted by molar-refractivity contribution is 0.204. The van der Waals surface area contributed by atoms with Crippen LogP contribution in [0.1, 0.15) is 18.7 Å². The Balaban J connectivity index is 1.50. The SMILES string of the molecule is COc1cc(NC2CCN(Cc3nncn3C)CC2)ncn1. The molecule has 2 aromatic heterocycles. The smallest absolute Gasteiger partial charge is 0.218 e. The van der Waals surface area contributed by atoms with Crippen LogP contribution in [0.4, 0.5) is 5.82 Å². The van der Waals surface area contributed by atoms with E-state index in [0.717, 1.165) is 44.1 Å². The van der Waals surface area contributed by atoms with Gasteiger partial charge in [-0.2, -0.15) is 0 Å². The minimum Gasteiger partial charge on any atom is -0.481 e. The molecule has 1 aliphatic rings. The highest BCUT2D eigenvalue weighted by molar-refractivity contribution is 5.38. The van der Waals surface area contributed by atoms with Crippen molar-refractivity contribution in [3.63, 3.8) is 0 Å². The Morgan fingerprint density at radius 1 is 1.32 bits per heavy atom. The number of aryl methyl sites for hydroxylation is 1. The summed E-state index contributed by atoms with van der Waals surface area (Å²) in [6.45, 7) is 2.92. The summed E-state index contributed by atoms with van der Waals surface area (Å²) in [5.41, 5.74) is 0. The minimum atomic E-state index is 0.426. The Hall–Kier alpha value is -2.22. The number of likely N-dealkylation sites (tertiary alicyclic amines) is 1. The third-order valence-corrected chi connectivity index (χ3v) is 3.96. The molecule has 1 saturated heterocycles. The zero-order valence-electron chi connectivity index (χ0n) is 12.9. The van der Waals surface area contributed by atoms with Crippen molar-refractivity contribution in [3.8, 4) is 5.88 Å². The quantitative estimate of drug-likeness (QED) is 0.870. The Morgan fingerprint density at radius 3 is 2.82 bits per heavy atom. The number of hydrogen-bond acceptors (Lipinski definition) is 7. The molecule has 22 heavy (non-hydrogen) atoms. The average molecular weight is 303 g/mol. The maximum Gasteiger partial charge on any atom is 0.218 e. The van der Waals surface area contributed by atoms with Crippen LogP contribution < -0.4 is 10.1 Å². The van der Waals surface area contributed by atoms with Crippen molar-refractivity contribution in [2.45, 2.75) is 25.4 Å². The summed E-state index contributed by atoms with van der Waals surface area (Å²) >= 11 is 0. The van der Waals surface area contributed by atoms with Gasteiger partial charge in [0.25, 0.3) is 0 Å². The minimum absolute atomic E-state index is 0.426. The van der Waals surface area contributed by atoms with E-state index < -0.39 is 0 Å². The summed E-state index contributed by atoms with van der Waals surface area (Å²) in [4.78, 5) is 10.7. The molecular formula is C14H21N7O. The number of rotatable bonds is 5. The van der Waals surface area contributed by atoms with Crippen LogP contribution in [-0.2, 0) is 13.6 Å². The molecule has 3 rings (SSSR count). The van der Waals surface area contributed by atoms with Crippen LogP contribution in [0.25, 0.3) is 0 Å². The predicted molar refractivity (Wildman–Crippen MR) is 81.5 cm³/mol.